The molecule has 0 saturated carbocycles. The summed E-state index contributed by atoms with van der Waals surface area (Å²) in [5.74, 6) is 1.56. The Morgan fingerprint density at radius 3 is 2.37 bits per heavy atom. The van der Waals surface area contributed by atoms with Gasteiger partial charge in [0.2, 0.25) is 0 Å². The summed E-state index contributed by atoms with van der Waals surface area (Å²) in [5, 5.41) is 10.2. The second-order valence-corrected chi connectivity index (χ2v) is 16.6. The van der Waals surface area contributed by atoms with Crippen LogP contribution in [0, 0.1) is 5.92 Å². The van der Waals surface area contributed by atoms with Gasteiger partial charge < -0.3 is 10.2 Å². The van der Waals surface area contributed by atoms with Gasteiger partial charge >= 0.3 is 0 Å². The smallest absolute Gasteiger partial charge is 0.131 e. The molecule has 7 aromatic rings. The molecule has 0 fully saturated rings. The van der Waals surface area contributed by atoms with E-state index in [1.807, 2.05) is 11.3 Å². The van der Waals surface area contributed by atoms with Crippen molar-refractivity contribution in [2.45, 2.75) is 38.0 Å². The van der Waals surface area contributed by atoms with Crippen molar-refractivity contribution in [3.8, 4) is 11.1 Å². The number of aliphatic imine (C=N–C) groups is 1. The van der Waals surface area contributed by atoms with Gasteiger partial charge in [0.25, 0.3) is 0 Å². The lowest BCUT2D eigenvalue weighted by Gasteiger charge is -2.33. The predicted molar refractivity (Wildman–Crippen MR) is 240 cm³/mol. The van der Waals surface area contributed by atoms with Crippen LogP contribution in [0.15, 0.2) is 192 Å². The Kier molecular flexibility index (Phi) is 8.38. The first-order valence-corrected chi connectivity index (χ1v) is 20.9. The highest BCUT2D eigenvalue weighted by Gasteiger charge is 2.39. The van der Waals surface area contributed by atoms with Gasteiger partial charge in [0.1, 0.15) is 18.2 Å². The Morgan fingerprint density at radius 2 is 1.51 bits per heavy atom. The van der Waals surface area contributed by atoms with Crippen molar-refractivity contribution in [2.75, 3.05) is 4.90 Å². The molecule has 3 heterocycles. The van der Waals surface area contributed by atoms with Gasteiger partial charge in [-0.3, -0.25) is 5.32 Å². The number of benzene rings is 6. The fourth-order valence-corrected chi connectivity index (χ4v) is 10.7. The Balaban J connectivity index is 0.996. The molecule has 276 valence electrons. The van der Waals surface area contributed by atoms with Crippen LogP contribution in [0.2, 0.25) is 0 Å². The largest absolute Gasteiger partial charge is 0.350 e. The highest BCUT2D eigenvalue weighted by Crippen LogP contribution is 2.54. The zero-order valence-corrected chi connectivity index (χ0v) is 32.6. The van der Waals surface area contributed by atoms with Gasteiger partial charge in [-0.2, -0.15) is 0 Å². The number of nitrogens with zero attached hydrogens (tertiary/aromatic N) is 2. The minimum Gasteiger partial charge on any atom is -0.350 e. The van der Waals surface area contributed by atoms with Gasteiger partial charge in [0.05, 0.1) is 0 Å². The number of rotatable bonds is 6. The second-order valence-electron chi connectivity index (χ2n) is 15.5. The van der Waals surface area contributed by atoms with Gasteiger partial charge in [-0.25, -0.2) is 4.99 Å². The minimum absolute atomic E-state index is 0.0346. The number of hydrogen-bond donors (Lipinski definition) is 2. The third kappa shape index (κ3) is 5.89. The molecular weight excluding hydrogens is 713 g/mol. The monoisotopic (exact) mass is 754 g/mol. The van der Waals surface area contributed by atoms with Gasteiger partial charge in [-0.1, -0.05) is 146 Å². The van der Waals surface area contributed by atoms with Crippen molar-refractivity contribution in [1.82, 2.24) is 10.6 Å². The van der Waals surface area contributed by atoms with E-state index >= 15 is 0 Å². The lowest BCUT2D eigenvalue weighted by Crippen LogP contribution is -2.52. The molecule has 0 radical (unpaired) electrons. The lowest BCUT2D eigenvalue weighted by molar-refractivity contribution is 0.440. The molecule has 0 saturated heterocycles. The van der Waals surface area contributed by atoms with E-state index in [2.05, 4.69) is 198 Å². The number of nitrogens with one attached hydrogen (secondary N) is 2. The molecule has 57 heavy (non-hydrogen) atoms. The molecule has 0 amide bonds. The average Bonchev–Trinajstić information content (AvgIpc) is 3.83. The Morgan fingerprint density at radius 1 is 0.737 bits per heavy atom. The number of fused-ring (bicyclic) bond motifs is 6. The number of thiophene rings is 1. The number of amidine groups is 1. The third-order valence-electron chi connectivity index (χ3n) is 12.0. The number of anilines is 2. The summed E-state index contributed by atoms with van der Waals surface area (Å²) < 4.78 is 2.62. The highest BCUT2D eigenvalue weighted by atomic mass is 32.1. The molecule has 4 aliphatic rings. The van der Waals surface area contributed by atoms with Gasteiger partial charge in [0.15, 0.2) is 0 Å². The summed E-state index contributed by atoms with van der Waals surface area (Å²) in [6.07, 6.45) is 13.8. The molecule has 6 aromatic carbocycles. The first-order chi connectivity index (χ1) is 28.2. The van der Waals surface area contributed by atoms with Crippen LogP contribution < -0.4 is 15.5 Å². The third-order valence-corrected chi connectivity index (χ3v) is 13.2. The summed E-state index contributed by atoms with van der Waals surface area (Å²) in [6.45, 7) is 2.38. The molecule has 2 N–H and O–H groups in total. The average molecular weight is 755 g/mol. The van der Waals surface area contributed by atoms with Crippen LogP contribution in [0.1, 0.15) is 54.1 Å². The van der Waals surface area contributed by atoms with Crippen molar-refractivity contribution in [3.05, 3.63) is 209 Å². The van der Waals surface area contributed by atoms with Crippen molar-refractivity contribution >= 4 is 54.3 Å². The molecule has 4 unspecified atom stereocenters. The van der Waals surface area contributed by atoms with E-state index in [4.69, 9.17) is 4.99 Å². The van der Waals surface area contributed by atoms with E-state index < -0.39 is 0 Å². The topological polar surface area (TPSA) is 39.7 Å². The van der Waals surface area contributed by atoms with E-state index in [9.17, 15) is 0 Å². The minimum atomic E-state index is -0.156. The van der Waals surface area contributed by atoms with Gasteiger partial charge in [0, 0.05) is 48.7 Å². The maximum absolute atomic E-state index is 5.26. The molecule has 11 rings (SSSR count). The SMILES string of the molecule is CC1C=C(c2cccc3sc4c(-c5cccc(C6=NC(c7ccccc7)NC(C7=CCCC=C7)N6)c5)cccc4c23)C=C2C1c1ccccc1N2c1ccccc1. The predicted octanol–water partition coefficient (Wildman–Crippen LogP) is 12.8. The van der Waals surface area contributed by atoms with E-state index in [1.54, 1.807) is 0 Å². The van der Waals surface area contributed by atoms with Crippen LogP contribution in [0.5, 0.6) is 0 Å². The first-order valence-electron chi connectivity index (χ1n) is 20.1. The standard InChI is InChI=1S/C52H42N4S/c1-33-30-38(32-45-47(33)42-24-11-12-28-44(42)56(45)39-22-9-4-10-23-39)40-25-15-29-46-48(40)43-27-14-26-41(49(43)57-46)36-20-13-21-37(31-36)52-54-50(34-16-5-2-6-17-34)53-51(55-52)35-18-7-3-8-19-35/h2,4-7,9-33,47,50-51,53H,3,8H2,1H3,(H,54,55). The van der Waals surface area contributed by atoms with Crippen LogP contribution in [0.25, 0.3) is 36.9 Å². The molecule has 4 atom stereocenters. The van der Waals surface area contributed by atoms with E-state index in [0.717, 1.165) is 29.8 Å². The molecule has 1 aromatic heterocycles. The van der Waals surface area contributed by atoms with Crippen molar-refractivity contribution in [1.29, 1.82) is 0 Å². The van der Waals surface area contributed by atoms with E-state index in [-0.39, 0.29) is 12.3 Å². The van der Waals surface area contributed by atoms with Gasteiger partial charge in [-0.05, 0) is 94.1 Å². The molecule has 0 spiro atoms. The Bertz CT molecular complexity index is 2840. The number of allylic oxidation sites excluding steroid dienone is 6. The van der Waals surface area contributed by atoms with Crippen molar-refractivity contribution < 1.29 is 0 Å². The van der Waals surface area contributed by atoms with E-state index in [1.165, 1.54) is 70.6 Å². The van der Waals surface area contributed by atoms with Crippen molar-refractivity contribution in [2.24, 2.45) is 10.9 Å². The van der Waals surface area contributed by atoms with Crippen LogP contribution >= 0.6 is 11.3 Å². The quantitative estimate of drug-likeness (QED) is 0.178. The Labute approximate surface area is 337 Å². The summed E-state index contributed by atoms with van der Waals surface area (Å²) >= 11 is 1.90. The van der Waals surface area contributed by atoms with E-state index in [0.29, 0.717) is 11.8 Å². The summed E-state index contributed by atoms with van der Waals surface area (Å²) in [4.78, 5) is 7.74. The lowest BCUT2D eigenvalue weighted by atomic mass is 9.80. The molecule has 0 bridgehead atoms. The second kappa shape index (κ2) is 14.0. The Hall–Kier alpha value is -6.27. The zero-order chi connectivity index (χ0) is 37.9. The maximum Gasteiger partial charge on any atom is 0.131 e. The molecule has 4 nitrogen and oxygen atoms in total. The van der Waals surface area contributed by atoms with Gasteiger partial charge in [-0.15, -0.1) is 11.3 Å². The maximum atomic E-state index is 5.26. The normalized spacial score (nSPS) is 21.3. The van der Waals surface area contributed by atoms with Crippen LogP contribution in [-0.4, -0.2) is 12.0 Å². The summed E-state index contributed by atoms with van der Waals surface area (Å²) in [6, 6.07) is 52.9. The molecule has 5 heteroatoms. The van der Waals surface area contributed by atoms with Crippen LogP contribution in [-0.2, 0) is 0 Å². The number of hydrogen-bond acceptors (Lipinski definition) is 5. The van der Waals surface area contributed by atoms with Crippen LogP contribution in [0.4, 0.5) is 11.4 Å². The fourth-order valence-electron chi connectivity index (χ4n) is 9.40. The molecule has 2 aliphatic heterocycles. The fraction of sp³-hybridized carbons (Fsp3) is 0.135. The summed E-state index contributed by atoms with van der Waals surface area (Å²) in [5.41, 5.74) is 13.8. The zero-order valence-electron chi connectivity index (χ0n) is 31.8. The first kappa shape index (κ1) is 34.0. The highest BCUT2D eigenvalue weighted by molar-refractivity contribution is 7.26. The number of para-hydroxylation sites is 2. The molecular formula is C52H42N4S. The molecule has 2 aliphatic carbocycles. The summed E-state index contributed by atoms with van der Waals surface area (Å²) in [7, 11) is 0. The van der Waals surface area contributed by atoms with Crippen LogP contribution in [0.3, 0.4) is 0 Å². The van der Waals surface area contributed by atoms with Crippen molar-refractivity contribution in [3.63, 3.8) is 0 Å².